The first-order valence-corrected chi connectivity index (χ1v) is 8.01. The Balaban J connectivity index is 3.26. The van der Waals surface area contributed by atoms with E-state index in [4.69, 9.17) is 10.5 Å². The smallest absolute Gasteiger partial charge is 0.241 e. The predicted molar refractivity (Wildman–Crippen MR) is 78.1 cm³/mol. The van der Waals surface area contributed by atoms with Crippen LogP contribution in [0.5, 0.6) is 5.75 Å². The Morgan fingerprint density at radius 2 is 1.95 bits per heavy atom. The molecule has 0 amide bonds. The number of aliphatic hydroxyl groups excluding tert-OH is 1. The molecule has 0 radical (unpaired) electrons. The van der Waals surface area contributed by atoms with E-state index < -0.39 is 21.4 Å². The van der Waals surface area contributed by atoms with Crippen LogP contribution in [-0.2, 0) is 10.0 Å². The average molecular weight is 320 g/mol. The maximum atomic E-state index is 13.8. The van der Waals surface area contributed by atoms with Gasteiger partial charge in [-0.05, 0) is 25.0 Å². The van der Waals surface area contributed by atoms with Crippen LogP contribution in [-0.4, -0.2) is 32.8 Å². The predicted octanol–water partition coefficient (Wildman–Crippen LogP) is 1.25. The third kappa shape index (κ3) is 3.63. The van der Waals surface area contributed by atoms with Crippen molar-refractivity contribution in [3.05, 3.63) is 17.9 Å². The summed E-state index contributed by atoms with van der Waals surface area (Å²) >= 11 is 0. The highest BCUT2D eigenvalue weighted by Crippen LogP contribution is 2.29. The number of hydrogen-bond donors (Lipinski definition) is 3. The molecule has 0 aliphatic heterocycles. The molecule has 0 fully saturated rings. The number of benzene rings is 1. The Bertz CT molecular complexity index is 569. The molecule has 0 bridgehead atoms. The zero-order valence-corrected chi connectivity index (χ0v) is 13.1. The van der Waals surface area contributed by atoms with Crippen molar-refractivity contribution in [2.75, 3.05) is 19.5 Å². The van der Waals surface area contributed by atoms with E-state index >= 15 is 0 Å². The van der Waals surface area contributed by atoms with Crippen LogP contribution in [0.1, 0.15) is 26.7 Å². The second-order valence-electron chi connectivity index (χ2n) is 4.78. The van der Waals surface area contributed by atoms with Crippen LogP contribution in [0.3, 0.4) is 0 Å². The van der Waals surface area contributed by atoms with Crippen LogP contribution >= 0.6 is 0 Å². The summed E-state index contributed by atoms with van der Waals surface area (Å²) < 4.78 is 45.6. The number of anilines is 1. The molecule has 120 valence electrons. The number of sulfonamides is 1. The lowest BCUT2D eigenvalue weighted by Crippen LogP contribution is -2.50. The van der Waals surface area contributed by atoms with Gasteiger partial charge in [-0.15, -0.1) is 0 Å². The molecule has 0 aromatic heterocycles. The molecule has 0 spiro atoms. The second kappa shape index (κ2) is 6.59. The van der Waals surface area contributed by atoms with E-state index in [1.54, 1.807) is 13.8 Å². The molecule has 0 aliphatic carbocycles. The van der Waals surface area contributed by atoms with Crippen molar-refractivity contribution in [3.63, 3.8) is 0 Å². The number of ether oxygens (including phenoxy) is 1. The van der Waals surface area contributed by atoms with Gasteiger partial charge in [0.25, 0.3) is 0 Å². The van der Waals surface area contributed by atoms with Crippen molar-refractivity contribution in [1.29, 1.82) is 0 Å². The molecule has 21 heavy (non-hydrogen) atoms. The van der Waals surface area contributed by atoms with Gasteiger partial charge in [0.05, 0.1) is 29.8 Å². The Labute approximate surface area is 124 Å². The molecule has 0 unspecified atom stereocenters. The van der Waals surface area contributed by atoms with Crippen LogP contribution < -0.4 is 15.2 Å². The SMILES string of the molecule is CCC(CC)(CO)NS(=O)(=O)c1cc(N)c(OC)c(F)c1. The standard InChI is InChI=1S/C13H21FN2O4S/c1-4-13(5-2,8-17)16-21(18,19)9-6-10(14)12(20-3)11(15)7-9/h6-7,16-17H,4-5,8,15H2,1-3H3. The van der Waals surface area contributed by atoms with Gasteiger partial charge < -0.3 is 15.6 Å². The molecular formula is C13H21FN2O4S. The minimum absolute atomic E-state index is 0.111. The van der Waals surface area contributed by atoms with Gasteiger partial charge in [-0.3, -0.25) is 0 Å². The molecule has 1 aromatic carbocycles. The molecule has 0 saturated heterocycles. The zero-order chi connectivity index (χ0) is 16.3. The molecule has 0 atom stereocenters. The largest absolute Gasteiger partial charge is 0.492 e. The van der Waals surface area contributed by atoms with Crippen LogP contribution in [0.25, 0.3) is 0 Å². The number of rotatable bonds is 7. The summed E-state index contributed by atoms with van der Waals surface area (Å²) in [4.78, 5) is -0.307. The number of nitrogens with one attached hydrogen (secondary N) is 1. The normalized spacial score (nSPS) is 12.4. The molecule has 8 heteroatoms. The fourth-order valence-corrected chi connectivity index (χ4v) is 3.54. The number of halogens is 1. The first kappa shape index (κ1) is 17.7. The first-order chi connectivity index (χ1) is 9.75. The fraction of sp³-hybridized carbons (Fsp3) is 0.538. The van der Waals surface area contributed by atoms with Crippen molar-refractivity contribution in [2.45, 2.75) is 37.1 Å². The maximum absolute atomic E-state index is 13.8. The molecule has 4 N–H and O–H groups in total. The summed E-state index contributed by atoms with van der Waals surface area (Å²) in [6, 6.07) is 1.96. The Kier molecular flexibility index (Phi) is 5.54. The number of nitrogens with two attached hydrogens (primary N) is 1. The van der Waals surface area contributed by atoms with Crippen molar-refractivity contribution in [1.82, 2.24) is 4.72 Å². The van der Waals surface area contributed by atoms with Crippen LogP contribution in [0.4, 0.5) is 10.1 Å². The molecule has 0 saturated carbocycles. The minimum Gasteiger partial charge on any atom is -0.492 e. The number of nitrogen functional groups attached to an aromatic ring is 1. The first-order valence-electron chi connectivity index (χ1n) is 6.53. The third-order valence-electron chi connectivity index (χ3n) is 3.57. The molecule has 1 rings (SSSR count). The van der Waals surface area contributed by atoms with E-state index in [2.05, 4.69) is 4.72 Å². The highest BCUT2D eigenvalue weighted by atomic mass is 32.2. The lowest BCUT2D eigenvalue weighted by atomic mass is 9.96. The maximum Gasteiger partial charge on any atom is 0.241 e. The van der Waals surface area contributed by atoms with Gasteiger partial charge >= 0.3 is 0 Å². The Morgan fingerprint density at radius 3 is 2.33 bits per heavy atom. The molecule has 0 heterocycles. The average Bonchev–Trinajstić information content (AvgIpc) is 2.44. The monoisotopic (exact) mass is 320 g/mol. The van der Waals surface area contributed by atoms with Crippen molar-refractivity contribution >= 4 is 15.7 Å². The fourth-order valence-electron chi connectivity index (χ4n) is 1.95. The summed E-state index contributed by atoms with van der Waals surface area (Å²) in [5, 5.41) is 9.43. The lowest BCUT2D eigenvalue weighted by molar-refractivity contribution is 0.172. The summed E-state index contributed by atoms with van der Waals surface area (Å²) in [5.41, 5.74) is 4.49. The summed E-state index contributed by atoms with van der Waals surface area (Å²) in [5.74, 6) is -1.06. The van der Waals surface area contributed by atoms with Crippen molar-refractivity contribution in [2.24, 2.45) is 0 Å². The van der Waals surface area contributed by atoms with Gasteiger partial charge in [0.1, 0.15) is 0 Å². The molecule has 0 aliphatic rings. The summed E-state index contributed by atoms with van der Waals surface area (Å²) in [6.07, 6.45) is 0.792. The van der Waals surface area contributed by atoms with Gasteiger partial charge in [0.2, 0.25) is 10.0 Å². The third-order valence-corrected chi connectivity index (χ3v) is 5.13. The minimum atomic E-state index is -4.01. The number of methoxy groups -OCH3 is 1. The van der Waals surface area contributed by atoms with E-state index in [9.17, 15) is 17.9 Å². The molecule has 6 nitrogen and oxygen atoms in total. The van der Waals surface area contributed by atoms with Crippen molar-refractivity contribution in [3.8, 4) is 5.75 Å². The Morgan fingerprint density at radius 1 is 1.38 bits per heavy atom. The lowest BCUT2D eigenvalue weighted by Gasteiger charge is -2.30. The number of hydrogen-bond acceptors (Lipinski definition) is 5. The van der Waals surface area contributed by atoms with Gasteiger partial charge in [0.15, 0.2) is 11.6 Å². The van der Waals surface area contributed by atoms with E-state index in [-0.39, 0.29) is 22.9 Å². The Hall–Kier alpha value is -1.38. The van der Waals surface area contributed by atoms with E-state index in [0.717, 1.165) is 12.1 Å². The van der Waals surface area contributed by atoms with Gasteiger partial charge in [0, 0.05) is 0 Å². The van der Waals surface area contributed by atoms with Gasteiger partial charge in [-0.1, -0.05) is 13.8 Å². The molecule has 1 aromatic rings. The van der Waals surface area contributed by atoms with Crippen LogP contribution in [0.15, 0.2) is 17.0 Å². The van der Waals surface area contributed by atoms with E-state index in [1.807, 2.05) is 0 Å². The highest BCUT2D eigenvalue weighted by molar-refractivity contribution is 7.89. The van der Waals surface area contributed by atoms with E-state index in [1.165, 1.54) is 7.11 Å². The second-order valence-corrected chi connectivity index (χ2v) is 6.46. The summed E-state index contributed by atoms with van der Waals surface area (Å²) in [7, 11) is -2.77. The molecular weight excluding hydrogens is 299 g/mol. The van der Waals surface area contributed by atoms with Crippen molar-refractivity contribution < 1.29 is 22.7 Å². The van der Waals surface area contributed by atoms with Crippen LogP contribution in [0, 0.1) is 5.82 Å². The quantitative estimate of drug-likeness (QED) is 0.656. The summed E-state index contributed by atoms with van der Waals surface area (Å²) in [6.45, 7) is 3.16. The number of aliphatic hydroxyl groups is 1. The zero-order valence-electron chi connectivity index (χ0n) is 12.3. The highest BCUT2D eigenvalue weighted by Gasteiger charge is 2.32. The van der Waals surface area contributed by atoms with Gasteiger partial charge in [-0.2, -0.15) is 0 Å². The van der Waals surface area contributed by atoms with Gasteiger partial charge in [-0.25, -0.2) is 17.5 Å². The van der Waals surface area contributed by atoms with Crippen LogP contribution in [0.2, 0.25) is 0 Å². The topological polar surface area (TPSA) is 102 Å². The van der Waals surface area contributed by atoms with E-state index in [0.29, 0.717) is 12.8 Å².